The molecule has 0 unspecified atom stereocenters. The number of non-ortho nitro benzene ring substituents is 1. The minimum atomic E-state index is -4.28. The van der Waals surface area contributed by atoms with Crippen LogP contribution >= 0.6 is 0 Å². The third kappa shape index (κ3) is 7.47. The molecular weight excluding hydrogens is 408 g/mol. The number of amides is 2. The van der Waals surface area contributed by atoms with Crippen LogP contribution in [0.5, 0.6) is 0 Å². The van der Waals surface area contributed by atoms with E-state index in [1.165, 1.54) is 12.1 Å². The van der Waals surface area contributed by atoms with E-state index in [0.717, 1.165) is 70.3 Å². The largest absolute Gasteiger partial charge is 0.381 e. The summed E-state index contributed by atoms with van der Waals surface area (Å²) in [5.74, 6) is 0. The van der Waals surface area contributed by atoms with E-state index in [9.17, 15) is 23.3 Å². The van der Waals surface area contributed by atoms with Gasteiger partial charge in [0.25, 0.3) is 15.7 Å². The summed E-state index contributed by atoms with van der Waals surface area (Å²) in [5.41, 5.74) is -0.0757. The van der Waals surface area contributed by atoms with Crippen molar-refractivity contribution in [1.82, 2.24) is 10.0 Å². The van der Waals surface area contributed by atoms with Gasteiger partial charge in [-0.2, -0.15) is 0 Å². The van der Waals surface area contributed by atoms with E-state index in [1.54, 1.807) is 0 Å². The lowest BCUT2D eigenvalue weighted by Gasteiger charge is -2.25. The second-order valence-corrected chi connectivity index (χ2v) is 9.34. The van der Waals surface area contributed by atoms with E-state index in [4.69, 9.17) is 0 Å². The first-order chi connectivity index (χ1) is 14.3. The third-order valence-electron chi connectivity index (χ3n) is 5.22. The van der Waals surface area contributed by atoms with Crippen molar-refractivity contribution in [3.05, 3.63) is 28.3 Å². The summed E-state index contributed by atoms with van der Waals surface area (Å²) in [5, 5.41) is 16.9. The smallest absolute Gasteiger partial charge is 0.328 e. The highest BCUT2D eigenvalue weighted by Crippen LogP contribution is 2.29. The molecule has 2 amide bonds. The molecule has 1 saturated carbocycles. The average Bonchev–Trinajstić information content (AvgIpc) is 2.71. The summed E-state index contributed by atoms with van der Waals surface area (Å²) in [6.45, 7) is 2.48. The number of nitro benzene ring substituents is 1. The Morgan fingerprint density at radius 1 is 1.13 bits per heavy atom. The second kappa shape index (κ2) is 11.7. The molecule has 2 rings (SSSR count). The molecule has 0 bridgehead atoms. The molecule has 0 aliphatic heterocycles. The first-order valence-corrected chi connectivity index (χ1v) is 12.2. The van der Waals surface area contributed by atoms with Crippen molar-refractivity contribution < 1.29 is 18.1 Å². The number of hydrogen-bond acceptors (Lipinski definition) is 6. The van der Waals surface area contributed by atoms with E-state index in [2.05, 4.69) is 17.6 Å². The van der Waals surface area contributed by atoms with Gasteiger partial charge < -0.3 is 10.6 Å². The van der Waals surface area contributed by atoms with Crippen molar-refractivity contribution in [2.75, 3.05) is 11.9 Å². The van der Waals surface area contributed by atoms with Crippen LogP contribution in [-0.2, 0) is 10.0 Å². The summed E-state index contributed by atoms with van der Waals surface area (Å²) in [7, 11) is -4.28. The number of unbranched alkanes of at least 4 members (excludes halogenated alkanes) is 4. The van der Waals surface area contributed by atoms with Crippen LogP contribution < -0.4 is 15.4 Å². The minimum Gasteiger partial charge on any atom is -0.381 e. The zero-order valence-electron chi connectivity index (χ0n) is 17.5. The molecule has 0 saturated heterocycles. The van der Waals surface area contributed by atoms with Gasteiger partial charge in [0.2, 0.25) is 0 Å². The Kier molecular flexibility index (Phi) is 9.35. The number of nitro groups is 1. The molecule has 0 heterocycles. The standard InChI is InChI=1S/C20H32N4O5S/c1-2-3-4-5-9-14-21-20(25)23-30(28,29)19-15-17(24(26)27)12-13-18(19)22-16-10-7-6-8-11-16/h12-13,15-16,22H,2-11,14H2,1H3,(H2,21,23,25). The summed E-state index contributed by atoms with van der Waals surface area (Å²) in [6, 6.07) is 2.92. The fourth-order valence-corrected chi connectivity index (χ4v) is 4.70. The van der Waals surface area contributed by atoms with Crippen LogP contribution in [0.2, 0.25) is 0 Å². The molecule has 0 atom stereocenters. The van der Waals surface area contributed by atoms with E-state index < -0.39 is 21.0 Å². The average molecular weight is 441 g/mol. The number of nitrogens with one attached hydrogen (secondary N) is 3. The van der Waals surface area contributed by atoms with Crippen molar-refractivity contribution in [1.29, 1.82) is 0 Å². The first kappa shape index (κ1) is 23.9. The fourth-order valence-electron chi connectivity index (χ4n) is 3.58. The molecule has 0 spiro atoms. The summed E-state index contributed by atoms with van der Waals surface area (Å²) in [6.07, 6.45) is 10.1. The van der Waals surface area contributed by atoms with Crippen LogP contribution in [-0.4, -0.2) is 32.0 Å². The molecule has 1 aromatic carbocycles. The zero-order valence-corrected chi connectivity index (χ0v) is 18.3. The number of hydrogen-bond donors (Lipinski definition) is 3. The molecule has 168 valence electrons. The molecule has 1 aromatic rings. The van der Waals surface area contributed by atoms with E-state index in [0.29, 0.717) is 6.54 Å². The molecule has 1 fully saturated rings. The van der Waals surface area contributed by atoms with Crippen molar-refractivity contribution in [3.63, 3.8) is 0 Å². The number of carbonyl (C=O) groups excluding carboxylic acids is 1. The highest BCUT2D eigenvalue weighted by molar-refractivity contribution is 7.90. The van der Waals surface area contributed by atoms with E-state index in [-0.39, 0.29) is 22.3 Å². The van der Waals surface area contributed by atoms with Crippen molar-refractivity contribution >= 4 is 27.4 Å². The topological polar surface area (TPSA) is 130 Å². The van der Waals surface area contributed by atoms with Gasteiger partial charge in [0, 0.05) is 24.7 Å². The van der Waals surface area contributed by atoms with Gasteiger partial charge in [-0.1, -0.05) is 51.9 Å². The van der Waals surface area contributed by atoms with Gasteiger partial charge in [-0.05, 0) is 25.3 Å². The van der Waals surface area contributed by atoms with Crippen LogP contribution in [0.25, 0.3) is 0 Å². The number of carbonyl (C=O) groups is 1. The molecular formula is C20H32N4O5S. The second-order valence-electron chi connectivity index (χ2n) is 7.69. The van der Waals surface area contributed by atoms with Crippen molar-refractivity contribution in [3.8, 4) is 0 Å². The number of nitrogens with zero attached hydrogens (tertiary/aromatic N) is 1. The molecule has 3 N–H and O–H groups in total. The predicted octanol–water partition coefficient (Wildman–Crippen LogP) is 4.30. The lowest BCUT2D eigenvalue weighted by atomic mass is 9.95. The van der Waals surface area contributed by atoms with Crippen LogP contribution in [0.4, 0.5) is 16.2 Å². The molecule has 9 nitrogen and oxygen atoms in total. The predicted molar refractivity (Wildman–Crippen MR) is 116 cm³/mol. The van der Waals surface area contributed by atoms with Crippen molar-refractivity contribution in [2.24, 2.45) is 0 Å². The Hall–Kier alpha value is -2.36. The number of anilines is 1. The van der Waals surface area contributed by atoms with Gasteiger partial charge >= 0.3 is 6.03 Å². The van der Waals surface area contributed by atoms with Gasteiger partial charge in [0.1, 0.15) is 4.90 Å². The van der Waals surface area contributed by atoms with Crippen LogP contribution in [0.15, 0.2) is 23.1 Å². The number of urea groups is 1. The number of benzene rings is 1. The molecule has 0 radical (unpaired) electrons. The molecule has 10 heteroatoms. The molecule has 0 aromatic heterocycles. The highest BCUT2D eigenvalue weighted by atomic mass is 32.2. The third-order valence-corrected chi connectivity index (χ3v) is 6.59. The summed E-state index contributed by atoms with van der Waals surface area (Å²) < 4.78 is 27.6. The highest BCUT2D eigenvalue weighted by Gasteiger charge is 2.26. The Morgan fingerprint density at radius 3 is 2.50 bits per heavy atom. The van der Waals surface area contributed by atoms with Crippen LogP contribution in [0, 0.1) is 10.1 Å². The van der Waals surface area contributed by atoms with Gasteiger partial charge in [0.05, 0.1) is 10.6 Å². The Balaban J connectivity index is 2.08. The number of rotatable bonds is 11. The van der Waals surface area contributed by atoms with E-state index >= 15 is 0 Å². The maximum atomic E-state index is 12.8. The van der Waals surface area contributed by atoms with Gasteiger partial charge in [0.15, 0.2) is 0 Å². The quantitative estimate of drug-likeness (QED) is 0.267. The normalized spacial score (nSPS) is 14.8. The Bertz CT molecular complexity index is 822. The maximum absolute atomic E-state index is 12.8. The maximum Gasteiger partial charge on any atom is 0.328 e. The summed E-state index contributed by atoms with van der Waals surface area (Å²) >= 11 is 0. The Morgan fingerprint density at radius 2 is 1.83 bits per heavy atom. The van der Waals surface area contributed by atoms with Gasteiger partial charge in [-0.15, -0.1) is 0 Å². The van der Waals surface area contributed by atoms with Crippen molar-refractivity contribution in [2.45, 2.75) is 82.1 Å². The lowest BCUT2D eigenvalue weighted by Crippen LogP contribution is -2.40. The first-order valence-electron chi connectivity index (χ1n) is 10.7. The lowest BCUT2D eigenvalue weighted by molar-refractivity contribution is -0.385. The molecule has 30 heavy (non-hydrogen) atoms. The zero-order chi connectivity index (χ0) is 22.0. The number of sulfonamides is 1. The SMILES string of the molecule is CCCCCCCNC(=O)NS(=O)(=O)c1cc([N+](=O)[O-])ccc1NC1CCCCC1. The molecule has 1 aliphatic rings. The van der Waals surface area contributed by atoms with Gasteiger partial charge in [-0.25, -0.2) is 17.9 Å². The fraction of sp³-hybridized carbons (Fsp3) is 0.650. The van der Waals surface area contributed by atoms with Crippen LogP contribution in [0.1, 0.15) is 71.1 Å². The Labute approximate surface area is 178 Å². The minimum absolute atomic E-state index is 0.103. The summed E-state index contributed by atoms with van der Waals surface area (Å²) in [4.78, 5) is 22.3. The monoisotopic (exact) mass is 440 g/mol. The van der Waals surface area contributed by atoms with Crippen LogP contribution in [0.3, 0.4) is 0 Å². The van der Waals surface area contributed by atoms with Gasteiger partial charge in [-0.3, -0.25) is 10.1 Å². The molecule has 1 aliphatic carbocycles. The van der Waals surface area contributed by atoms with E-state index in [1.807, 2.05) is 4.72 Å².